The first-order valence-corrected chi connectivity index (χ1v) is 5.74. The molecule has 2 rings (SSSR count). The standard InChI is InChI=1S/C11H11BrFNO/c12-8-5-6-9-7(11(8)13)3-1-2-4-10(15)14-9/h5-6H,1-4H2,(H,14,15). The highest BCUT2D eigenvalue weighted by Crippen LogP contribution is 2.28. The Balaban J connectivity index is 2.44. The third-order valence-electron chi connectivity index (χ3n) is 2.55. The summed E-state index contributed by atoms with van der Waals surface area (Å²) >= 11 is 3.15. The normalized spacial score (nSPS) is 16.3. The molecule has 0 fully saturated rings. The molecular formula is C11H11BrFNO. The summed E-state index contributed by atoms with van der Waals surface area (Å²) in [7, 11) is 0. The predicted octanol–water partition coefficient (Wildman–Crippen LogP) is 3.25. The fraction of sp³-hybridized carbons (Fsp3) is 0.364. The Morgan fingerprint density at radius 3 is 2.80 bits per heavy atom. The molecule has 1 aliphatic heterocycles. The van der Waals surface area contributed by atoms with E-state index in [1.54, 1.807) is 12.1 Å². The number of nitrogens with one attached hydrogen (secondary N) is 1. The number of carbonyl (C=O) groups is 1. The van der Waals surface area contributed by atoms with E-state index >= 15 is 0 Å². The fourth-order valence-electron chi connectivity index (χ4n) is 1.75. The topological polar surface area (TPSA) is 29.1 Å². The summed E-state index contributed by atoms with van der Waals surface area (Å²) in [5.41, 5.74) is 1.22. The Morgan fingerprint density at radius 1 is 1.27 bits per heavy atom. The van der Waals surface area contributed by atoms with E-state index in [1.165, 1.54) is 0 Å². The van der Waals surface area contributed by atoms with Gasteiger partial charge in [-0.1, -0.05) is 0 Å². The Hall–Kier alpha value is -0.900. The van der Waals surface area contributed by atoms with E-state index in [-0.39, 0.29) is 11.7 Å². The quantitative estimate of drug-likeness (QED) is 0.771. The van der Waals surface area contributed by atoms with Crippen molar-refractivity contribution in [2.45, 2.75) is 25.7 Å². The van der Waals surface area contributed by atoms with Gasteiger partial charge < -0.3 is 5.32 Å². The monoisotopic (exact) mass is 271 g/mol. The molecule has 0 unspecified atom stereocenters. The van der Waals surface area contributed by atoms with Crippen LogP contribution in [0.15, 0.2) is 16.6 Å². The maximum atomic E-state index is 13.7. The van der Waals surface area contributed by atoms with Crippen LogP contribution in [0.5, 0.6) is 0 Å². The number of halogens is 2. The highest BCUT2D eigenvalue weighted by Gasteiger charge is 2.16. The molecule has 2 nitrogen and oxygen atoms in total. The molecule has 0 saturated heterocycles. The van der Waals surface area contributed by atoms with Gasteiger partial charge in [0, 0.05) is 17.7 Å². The van der Waals surface area contributed by atoms with Crippen LogP contribution in [0.1, 0.15) is 24.8 Å². The van der Waals surface area contributed by atoms with Crippen LogP contribution in [0.25, 0.3) is 0 Å². The lowest BCUT2D eigenvalue weighted by Crippen LogP contribution is -2.16. The van der Waals surface area contributed by atoms with Gasteiger partial charge in [-0.2, -0.15) is 0 Å². The smallest absolute Gasteiger partial charge is 0.224 e. The molecule has 0 aliphatic carbocycles. The molecule has 80 valence electrons. The summed E-state index contributed by atoms with van der Waals surface area (Å²) in [6.07, 6.45) is 2.88. The average Bonchev–Trinajstić information content (AvgIpc) is 2.18. The minimum absolute atomic E-state index is 0.0299. The minimum Gasteiger partial charge on any atom is -0.326 e. The lowest BCUT2D eigenvalue weighted by atomic mass is 10.0. The van der Waals surface area contributed by atoms with E-state index in [0.717, 1.165) is 12.8 Å². The molecule has 1 heterocycles. The molecule has 0 radical (unpaired) electrons. The van der Waals surface area contributed by atoms with Crippen molar-refractivity contribution in [1.82, 2.24) is 0 Å². The van der Waals surface area contributed by atoms with Gasteiger partial charge in [0.2, 0.25) is 5.91 Å². The van der Waals surface area contributed by atoms with Crippen molar-refractivity contribution in [1.29, 1.82) is 0 Å². The largest absolute Gasteiger partial charge is 0.326 e. The molecule has 0 saturated carbocycles. The van der Waals surface area contributed by atoms with Crippen LogP contribution in [-0.4, -0.2) is 5.91 Å². The SMILES string of the molecule is O=C1CCCCc2c(ccc(Br)c2F)N1. The van der Waals surface area contributed by atoms with Gasteiger partial charge in [-0.15, -0.1) is 0 Å². The molecule has 1 aromatic rings. The van der Waals surface area contributed by atoms with E-state index in [2.05, 4.69) is 21.2 Å². The summed E-state index contributed by atoms with van der Waals surface area (Å²) < 4.78 is 14.2. The number of rotatable bonds is 0. The zero-order valence-corrected chi connectivity index (χ0v) is 9.73. The zero-order valence-electron chi connectivity index (χ0n) is 8.15. The number of amides is 1. The van der Waals surface area contributed by atoms with Crippen LogP contribution in [-0.2, 0) is 11.2 Å². The summed E-state index contributed by atoms with van der Waals surface area (Å²) in [5, 5.41) is 2.73. The van der Waals surface area contributed by atoms with Crippen LogP contribution in [0, 0.1) is 5.82 Å². The first kappa shape index (κ1) is 10.6. The van der Waals surface area contributed by atoms with Crippen LogP contribution in [0.2, 0.25) is 0 Å². The van der Waals surface area contributed by atoms with E-state index in [1.807, 2.05) is 0 Å². The van der Waals surface area contributed by atoms with E-state index in [9.17, 15) is 9.18 Å². The Kier molecular flexibility index (Phi) is 3.05. The molecule has 1 amide bonds. The van der Waals surface area contributed by atoms with Crippen LogP contribution < -0.4 is 5.32 Å². The first-order chi connectivity index (χ1) is 7.18. The second kappa shape index (κ2) is 4.31. The van der Waals surface area contributed by atoms with E-state index in [4.69, 9.17) is 0 Å². The van der Waals surface area contributed by atoms with Gasteiger partial charge >= 0.3 is 0 Å². The third kappa shape index (κ3) is 2.20. The Labute approximate surface area is 96.0 Å². The molecule has 0 atom stereocenters. The highest BCUT2D eigenvalue weighted by molar-refractivity contribution is 9.10. The van der Waals surface area contributed by atoms with Crippen molar-refractivity contribution in [2.24, 2.45) is 0 Å². The molecular weight excluding hydrogens is 261 g/mol. The molecule has 1 N–H and O–H groups in total. The van der Waals surface area contributed by atoms with Gasteiger partial charge in [-0.05, 0) is 47.3 Å². The fourth-order valence-corrected chi connectivity index (χ4v) is 2.13. The van der Waals surface area contributed by atoms with Crippen molar-refractivity contribution < 1.29 is 9.18 Å². The lowest BCUT2D eigenvalue weighted by molar-refractivity contribution is -0.116. The molecule has 0 aromatic heterocycles. The van der Waals surface area contributed by atoms with Crippen LogP contribution in [0.4, 0.5) is 10.1 Å². The van der Waals surface area contributed by atoms with Gasteiger partial charge in [0.25, 0.3) is 0 Å². The highest BCUT2D eigenvalue weighted by atomic mass is 79.9. The van der Waals surface area contributed by atoms with Gasteiger partial charge in [-0.25, -0.2) is 4.39 Å². The molecule has 1 aromatic carbocycles. The van der Waals surface area contributed by atoms with Crippen molar-refractivity contribution >= 4 is 27.5 Å². The van der Waals surface area contributed by atoms with Crippen LogP contribution in [0.3, 0.4) is 0 Å². The van der Waals surface area contributed by atoms with E-state index in [0.29, 0.717) is 28.6 Å². The van der Waals surface area contributed by atoms with E-state index < -0.39 is 0 Å². The lowest BCUT2D eigenvalue weighted by Gasteiger charge is -2.15. The maximum absolute atomic E-state index is 13.7. The average molecular weight is 272 g/mol. The number of hydrogen-bond donors (Lipinski definition) is 1. The molecule has 1 aliphatic rings. The number of carbonyl (C=O) groups excluding carboxylic acids is 1. The van der Waals surface area contributed by atoms with Gasteiger partial charge in [0.1, 0.15) is 5.82 Å². The van der Waals surface area contributed by atoms with Gasteiger partial charge in [0.15, 0.2) is 0 Å². The second-order valence-corrected chi connectivity index (χ2v) is 4.50. The first-order valence-electron chi connectivity index (χ1n) is 4.95. The summed E-state index contributed by atoms with van der Waals surface area (Å²) in [5.74, 6) is -0.285. The Bertz CT molecular complexity index is 406. The summed E-state index contributed by atoms with van der Waals surface area (Å²) in [6.45, 7) is 0. The number of anilines is 1. The zero-order chi connectivity index (χ0) is 10.8. The summed E-state index contributed by atoms with van der Waals surface area (Å²) in [4.78, 5) is 11.3. The minimum atomic E-state index is -0.255. The predicted molar refractivity (Wildman–Crippen MR) is 60.3 cm³/mol. The molecule has 0 bridgehead atoms. The van der Waals surface area contributed by atoms with Crippen molar-refractivity contribution in [3.8, 4) is 0 Å². The number of benzene rings is 1. The third-order valence-corrected chi connectivity index (χ3v) is 3.16. The van der Waals surface area contributed by atoms with Crippen molar-refractivity contribution in [2.75, 3.05) is 5.32 Å². The van der Waals surface area contributed by atoms with Crippen molar-refractivity contribution in [3.63, 3.8) is 0 Å². The molecule has 15 heavy (non-hydrogen) atoms. The number of fused-ring (bicyclic) bond motifs is 1. The second-order valence-electron chi connectivity index (χ2n) is 3.64. The number of hydrogen-bond acceptors (Lipinski definition) is 1. The van der Waals surface area contributed by atoms with Gasteiger partial charge in [-0.3, -0.25) is 4.79 Å². The van der Waals surface area contributed by atoms with Gasteiger partial charge in [0.05, 0.1) is 4.47 Å². The Morgan fingerprint density at radius 2 is 2.00 bits per heavy atom. The molecule has 4 heteroatoms. The maximum Gasteiger partial charge on any atom is 0.224 e. The molecule has 0 spiro atoms. The summed E-state index contributed by atoms with van der Waals surface area (Å²) in [6, 6.07) is 3.36. The van der Waals surface area contributed by atoms with Crippen molar-refractivity contribution in [3.05, 3.63) is 28.0 Å². The van der Waals surface area contributed by atoms with Crippen LogP contribution >= 0.6 is 15.9 Å².